The van der Waals surface area contributed by atoms with Crippen LogP contribution in [0.15, 0.2) is 48.5 Å². The predicted octanol–water partition coefficient (Wildman–Crippen LogP) is 4.62. The molecule has 3 rings (SSSR count). The molecule has 142 valence electrons. The minimum Gasteiger partial charge on any atom is -0.497 e. The summed E-state index contributed by atoms with van der Waals surface area (Å²) < 4.78 is 11.5. The molecule has 1 aliphatic heterocycles. The summed E-state index contributed by atoms with van der Waals surface area (Å²) in [4.78, 5) is 2.41. The van der Waals surface area contributed by atoms with E-state index in [0.717, 1.165) is 37.5 Å². The Labute approximate surface area is 163 Å². The van der Waals surface area contributed by atoms with Gasteiger partial charge in [0.25, 0.3) is 0 Å². The van der Waals surface area contributed by atoms with E-state index < -0.39 is 0 Å². The molecule has 0 aromatic heterocycles. The molecule has 0 bridgehead atoms. The van der Waals surface area contributed by atoms with Gasteiger partial charge in [0.2, 0.25) is 0 Å². The van der Waals surface area contributed by atoms with E-state index in [1.165, 1.54) is 30.5 Å². The molecule has 1 heterocycles. The summed E-state index contributed by atoms with van der Waals surface area (Å²) in [6, 6.07) is 16.8. The lowest BCUT2D eigenvalue weighted by Gasteiger charge is -2.29. The zero-order chi connectivity index (χ0) is 17.5. The largest absolute Gasteiger partial charge is 0.497 e. The zero-order valence-corrected chi connectivity index (χ0v) is 16.6. The lowest BCUT2D eigenvalue weighted by Crippen LogP contribution is -2.34. The molecule has 3 nitrogen and oxygen atoms in total. The van der Waals surface area contributed by atoms with E-state index in [2.05, 4.69) is 54.4 Å². The summed E-state index contributed by atoms with van der Waals surface area (Å²) >= 11 is 0. The standard InChI is InChI=1S/C22H29NO2.ClH/c1-23-14-6-8-19(16-23)17-25-22-11-4-3-9-20(22)13-12-18-7-5-10-21(15-18)24-2;/h3-5,7,9-11,15,19H,6,8,12-14,16-17H2,1-2H3;1H/t19-;/m0./s1. The second kappa shape index (κ2) is 10.4. The van der Waals surface area contributed by atoms with Gasteiger partial charge in [-0.2, -0.15) is 0 Å². The third kappa shape index (κ3) is 5.93. The van der Waals surface area contributed by atoms with Crippen LogP contribution in [0.3, 0.4) is 0 Å². The molecule has 0 unspecified atom stereocenters. The van der Waals surface area contributed by atoms with Crippen molar-refractivity contribution in [1.82, 2.24) is 4.90 Å². The number of hydrogen-bond donors (Lipinski definition) is 0. The van der Waals surface area contributed by atoms with E-state index >= 15 is 0 Å². The van der Waals surface area contributed by atoms with Crippen LogP contribution >= 0.6 is 12.4 Å². The van der Waals surface area contributed by atoms with Crippen LogP contribution in [0.25, 0.3) is 0 Å². The van der Waals surface area contributed by atoms with E-state index in [0.29, 0.717) is 5.92 Å². The van der Waals surface area contributed by atoms with Crippen molar-refractivity contribution in [3.63, 3.8) is 0 Å². The first-order chi connectivity index (χ1) is 12.2. The summed E-state index contributed by atoms with van der Waals surface area (Å²) in [5.41, 5.74) is 2.58. The summed E-state index contributed by atoms with van der Waals surface area (Å²) in [6.45, 7) is 3.18. The number of piperidine rings is 1. The van der Waals surface area contributed by atoms with Gasteiger partial charge in [-0.1, -0.05) is 30.3 Å². The molecular weight excluding hydrogens is 346 g/mol. The fourth-order valence-corrected chi connectivity index (χ4v) is 3.58. The first kappa shape index (κ1) is 20.6. The fourth-order valence-electron chi connectivity index (χ4n) is 3.58. The Hall–Kier alpha value is -1.71. The molecule has 1 saturated heterocycles. The SMILES string of the molecule is COc1cccc(CCc2ccccc2OC[C@H]2CCCN(C)C2)c1.Cl. The molecule has 1 atom stereocenters. The van der Waals surface area contributed by atoms with Gasteiger partial charge in [-0.15, -0.1) is 12.4 Å². The van der Waals surface area contributed by atoms with Crippen LogP contribution in [0.4, 0.5) is 0 Å². The number of nitrogens with zero attached hydrogens (tertiary/aromatic N) is 1. The lowest BCUT2D eigenvalue weighted by molar-refractivity contribution is 0.150. The maximum Gasteiger partial charge on any atom is 0.122 e. The Morgan fingerprint density at radius 1 is 1.08 bits per heavy atom. The average molecular weight is 376 g/mol. The van der Waals surface area contributed by atoms with Crippen molar-refractivity contribution in [2.45, 2.75) is 25.7 Å². The van der Waals surface area contributed by atoms with Crippen LogP contribution in [-0.4, -0.2) is 38.8 Å². The fraction of sp³-hybridized carbons (Fsp3) is 0.455. The summed E-state index contributed by atoms with van der Waals surface area (Å²) in [5.74, 6) is 2.60. The maximum atomic E-state index is 6.21. The number of halogens is 1. The second-order valence-electron chi connectivity index (χ2n) is 7.04. The van der Waals surface area contributed by atoms with Gasteiger partial charge in [0.05, 0.1) is 13.7 Å². The second-order valence-corrected chi connectivity index (χ2v) is 7.04. The molecule has 0 amide bonds. The monoisotopic (exact) mass is 375 g/mol. The number of hydrogen-bond acceptors (Lipinski definition) is 3. The van der Waals surface area contributed by atoms with Gasteiger partial charge in [0.1, 0.15) is 11.5 Å². The Balaban J connectivity index is 0.00000243. The molecule has 4 heteroatoms. The predicted molar refractivity (Wildman–Crippen MR) is 110 cm³/mol. The molecule has 0 N–H and O–H groups in total. The highest BCUT2D eigenvalue weighted by molar-refractivity contribution is 5.85. The van der Waals surface area contributed by atoms with Crippen LogP contribution in [0.1, 0.15) is 24.0 Å². The van der Waals surface area contributed by atoms with Gasteiger partial charge < -0.3 is 14.4 Å². The van der Waals surface area contributed by atoms with Crippen molar-refractivity contribution in [3.05, 3.63) is 59.7 Å². The lowest BCUT2D eigenvalue weighted by atomic mass is 9.99. The molecule has 2 aromatic carbocycles. The van der Waals surface area contributed by atoms with Gasteiger partial charge in [0.15, 0.2) is 0 Å². The Bertz CT molecular complexity index is 677. The van der Waals surface area contributed by atoms with Crippen LogP contribution in [0, 0.1) is 5.92 Å². The van der Waals surface area contributed by atoms with Gasteiger partial charge >= 0.3 is 0 Å². The van der Waals surface area contributed by atoms with Gasteiger partial charge in [-0.3, -0.25) is 0 Å². The smallest absolute Gasteiger partial charge is 0.122 e. The molecule has 1 aliphatic rings. The Morgan fingerprint density at radius 2 is 1.92 bits per heavy atom. The van der Waals surface area contributed by atoms with Crippen LogP contribution < -0.4 is 9.47 Å². The highest BCUT2D eigenvalue weighted by atomic mass is 35.5. The van der Waals surface area contributed by atoms with Gasteiger partial charge in [0, 0.05) is 12.5 Å². The molecule has 1 fully saturated rings. The number of benzene rings is 2. The third-order valence-electron chi connectivity index (χ3n) is 4.99. The van der Waals surface area contributed by atoms with E-state index in [1.54, 1.807) is 7.11 Å². The number of methoxy groups -OCH3 is 1. The molecule has 26 heavy (non-hydrogen) atoms. The van der Waals surface area contributed by atoms with E-state index in [4.69, 9.17) is 9.47 Å². The van der Waals surface area contributed by atoms with Crippen molar-refractivity contribution < 1.29 is 9.47 Å². The van der Waals surface area contributed by atoms with Gasteiger partial charge in [-0.25, -0.2) is 0 Å². The number of para-hydroxylation sites is 1. The van der Waals surface area contributed by atoms with Crippen LogP contribution in [-0.2, 0) is 12.8 Å². The number of likely N-dealkylation sites (tertiary alicyclic amines) is 1. The van der Waals surface area contributed by atoms with Gasteiger partial charge in [-0.05, 0) is 68.6 Å². The molecule has 0 spiro atoms. The normalized spacial score (nSPS) is 17.4. The first-order valence-corrected chi connectivity index (χ1v) is 9.27. The van der Waals surface area contributed by atoms with Crippen molar-refractivity contribution in [2.24, 2.45) is 5.92 Å². The molecule has 0 saturated carbocycles. The molecule has 0 aliphatic carbocycles. The summed E-state index contributed by atoms with van der Waals surface area (Å²) in [5, 5.41) is 0. The zero-order valence-electron chi connectivity index (χ0n) is 15.8. The summed E-state index contributed by atoms with van der Waals surface area (Å²) in [7, 11) is 3.92. The summed E-state index contributed by atoms with van der Waals surface area (Å²) in [6.07, 6.45) is 4.52. The Kier molecular flexibility index (Phi) is 8.27. The van der Waals surface area contributed by atoms with Crippen molar-refractivity contribution in [1.29, 1.82) is 0 Å². The van der Waals surface area contributed by atoms with E-state index in [9.17, 15) is 0 Å². The number of ether oxygens (including phenoxy) is 2. The number of rotatable bonds is 7. The molecular formula is C22H30ClNO2. The molecule has 2 aromatic rings. The van der Waals surface area contributed by atoms with E-state index in [1.807, 2.05) is 6.07 Å². The molecule has 0 radical (unpaired) electrons. The third-order valence-corrected chi connectivity index (χ3v) is 4.99. The maximum absolute atomic E-state index is 6.21. The topological polar surface area (TPSA) is 21.7 Å². The minimum absolute atomic E-state index is 0. The highest BCUT2D eigenvalue weighted by Crippen LogP contribution is 2.23. The van der Waals surface area contributed by atoms with Crippen molar-refractivity contribution in [3.8, 4) is 11.5 Å². The first-order valence-electron chi connectivity index (χ1n) is 9.27. The van der Waals surface area contributed by atoms with Crippen molar-refractivity contribution >= 4 is 12.4 Å². The minimum atomic E-state index is 0. The average Bonchev–Trinajstić information content (AvgIpc) is 2.65. The van der Waals surface area contributed by atoms with Crippen LogP contribution in [0.5, 0.6) is 11.5 Å². The quantitative estimate of drug-likeness (QED) is 0.704. The van der Waals surface area contributed by atoms with E-state index in [-0.39, 0.29) is 12.4 Å². The highest BCUT2D eigenvalue weighted by Gasteiger charge is 2.18. The Morgan fingerprint density at radius 3 is 2.73 bits per heavy atom. The number of aryl methyl sites for hydroxylation is 2. The van der Waals surface area contributed by atoms with Crippen LogP contribution in [0.2, 0.25) is 0 Å². The van der Waals surface area contributed by atoms with Crippen molar-refractivity contribution in [2.75, 3.05) is 33.9 Å².